The summed E-state index contributed by atoms with van der Waals surface area (Å²) in [4.78, 5) is 2.00. The highest BCUT2D eigenvalue weighted by molar-refractivity contribution is 6.32. The molecule has 0 spiro atoms. The molecule has 0 aliphatic carbocycles. The Morgan fingerprint density at radius 3 is 1.73 bits per heavy atom. The number of benzene rings is 1. The van der Waals surface area contributed by atoms with Gasteiger partial charge in [-0.15, -0.1) is 0 Å². The second kappa shape index (κ2) is 5.75. The second-order valence-electron chi connectivity index (χ2n) is 3.43. The lowest BCUT2D eigenvalue weighted by Gasteiger charge is -1.99. The van der Waals surface area contributed by atoms with E-state index >= 15 is 0 Å². The van der Waals surface area contributed by atoms with Gasteiger partial charge < -0.3 is 4.90 Å². The van der Waals surface area contributed by atoms with Gasteiger partial charge in [-0.1, -0.05) is 0 Å². The maximum Gasteiger partial charge on any atom is 0.194 e. The highest BCUT2D eigenvalue weighted by Crippen LogP contribution is 2.09. The molecule has 6 heteroatoms. The largest absolute Gasteiger partial charge is 0.312 e. The molecule has 0 unspecified atom stereocenters. The van der Waals surface area contributed by atoms with Crippen molar-refractivity contribution in [2.45, 2.75) is 0 Å². The van der Waals surface area contributed by atoms with Crippen LogP contribution in [0.1, 0.15) is 0 Å². The molecule has 0 amide bonds. The third-order valence-corrected chi connectivity index (χ3v) is 1.34. The van der Waals surface area contributed by atoms with E-state index in [-0.39, 0.29) is 0 Å². The van der Waals surface area contributed by atoms with Gasteiger partial charge in [-0.25, -0.2) is 17.6 Å². The lowest BCUT2D eigenvalue weighted by Crippen LogP contribution is -2.17. The molecule has 0 saturated carbocycles. The van der Waals surface area contributed by atoms with Crippen LogP contribution in [0.25, 0.3) is 0 Å². The van der Waals surface area contributed by atoms with Crippen LogP contribution in [-0.4, -0.2) is 33.9 Å². The van der Waals surface area contributed by atoms with Gasteiger partial charge >= 0.3 is 0 Å². The zero-order valence-corrected chi connectivity index (χ0v) is 9.04. The van der Waals surface area contributed by atoms with E-state index < -0.39 is 28.7 Å². The Morgan fingerprint density at radius 1 is 0.933 bits per heavy atom. The molecule has 0 atom stereocenters. The minimum Gasteiger partial charge on any atom is -0.312 e. The van der Waals surface area contributed by atoms with Crippen molar-refractivity contribution < 1.29 is 17.6 Å². The molecule has 0 aromatic heterocycles. The van der Waals surface area contributed by atoms with Crippen LogP contribution < -0.4 is 5.46 Å². The molecule has 1 aromatic rings. The summed E-state index contributed by atoms with van der Waals surface area (Å²) in [6, 6.07) is 0.313. The summed E-state index contributed by atoms with van der Waals surface area (Å²) in [7, 11) is 7.03. The van der Waals surface area contributed by atoms with Gasteiger partial charge in [-0.3, -0.25) is 0 Å². The summed E-state index contributed by atoms with van der Waals surface area (Å²) in [5.41, 5.74) is -0.510. The molecule has 1 rings (SSSR count). The highest BCUT2D eigenvalue weighted by Gasteiger charge is 2.14. The molecule has 0 heterocycles. The maximum atomic E-state index is 12.4. The third kappa shape index (κ3) is 4.33. The number of hydrogen-bond acceptors (Lipinski definition) is 1. The fourth-order valence-corrected chi connectivity index (χ4v) is 0.657. The molecular weight excluding hydrogens is 209 g/mol. The smallest absolute Gasteiger partial charge is 0.194 e. The molecule has 0 saturated heterocycles. The number of halogens is 4. The van der Waals surface area contributed by atoms with Gasteiger partial charge in [0.2, 0.25) is 0 Å². The molecule has 84 valence electrons. The number of nitrogens with zero attached hydrogens (tertiary/aromatic N) is 1. The average Bonchev–Trinajstić information content (AvgIpc) is 2.11. The first-order valence-electron chi connectivity index (χ1n) is 4.17. The maximum absolute atomic E-state index is 12.4. The normalized spacial score (nSPS) is 9.87. The van der Waals surface area contributed by atoms with Crippen LogP contribution >= 0.6 is 0 Å². The van der Waals surface area contributed by atoms with E-state index in [1.165, 1.54) is 0 Å². The summed E-state index contributed by atoms with van der Waals surface area (Å²) in [5.74, 6) is -5.70. The summed E-state index contributed by atoms with van der Waals surface area (Å²) in [5, 5.41) is 0. The van der Waals surface area contributed by atoms with Crippen LogP contribution in [0.5, 0.6) is 0 Å². The number of rotatable bonds is 0. The van der Waals surface area contributed by atoms with Crippen molar-refractivity contribution in [2.24, 2.45) is 0 Å². The lowest BCUT2D eigenvalue weighted by atomic mass is 9.94. The Labute approximate surface area is 87.1 Å². The summed E-state index contributed by atoms with van der Waals surface area (Å²) < 4.78 is 49.2. The highest BCUT2D eigenvalue weighted by atomic mass is 19.2. The van der Waals surface area contributed by atoms with Crippen LogP contribution in [0.15, 0.2) is 6.07 Å². The fraction of sp³-hybridized carbons (Fsp3) is 0.333. The van der Waals surface area contributed by atoms with E-state index in [4.69, 9.17) is 0 Å². The average molecular weight is 221 g/mol. The first kappa shape index (κ1) is 14.0. The zero-order chi connectivity index (χ0) is 12.2. The first-order chi connectivity index (χ1) is 6.77. The van der Waals surface area contributed by atoms with E-state index in [1.54, 1.807) is 0 Å². The van der Waals surface area contributed by atoms with Crippen molar-refractivity contribution in [1.29, 1.82) is 0 Å². The van der Waals surface area contributed by atoms with Crippen molar-refractivity contribution in [1.82, 2.24) is 4.90 Å². The quantitative estimate of drug-likeness (QED) is 0.269. The van der Waals surface area contributed by atoms with Crippen LogP contribution in [0.4, 0.5) is 17.6 Å². The molecule has 15 heavy (non-hydrogen) atoms. The molecular formula is C9H12BF4N. The molecule has 0 aliphatic heterocycles. The Kier molecular flexibility index (Phi) is 5.35. The Bertz CT molecular complexity index is 312. The third-order valence-electron chi connectivity index (χ3n) is 1.34. The molecule has 0 radical (unpaired) electrons. The standard InChI is InChI=1S/C6H3BF4.C3H9N/c7-4-2(8)1-3(9)5(10)6(4)11;1-4(2)3/h1H,7H2;1-3H3. The minimum absolute atomic E-state index is 0.313. The molecule has 0 aliphatic rings. The van der Waals surface area contributed by atoms with Crippen molar-refractivity contribution in [3.63, 3.8) is 0 Å². The van der Waals surface area contributed by atoms with Gasteiger partial charge in [0.05, 0.1) is 0 Å². The van der Waals surface area contributed by atoms with Crippen molar-refractivity contribution in [2.75, 3.05) is 21.1 Å². The van der Waals surface area contributed by atoms with Gasteiger partial charge in [-0.05, 0) is 26.6 Å². The predicted molar refractivity (Wildman–Crippen MR) is 54.1 cm³/mol. The molecule has 0 fully saturated rings. The first-order valence-corrected chi connectivity index (χ1v) is 4.17. The lowest BCUT2D eigenvalue weighted by molar-refractivity contribution is 0.440. The van der Waals surface area contributed by atoms with Gasteiger partial charge in [-0.2, -0.15) is 0 Å². The van der Waals surface area contributed by atoms with Crippen LogP contribution in [-0.2, 0) is 0 Å². The van der Waals surface area contributed by atoms with Crippen LogP contribution in [0.2, 0.25) is 0 Å². The van der Waals surface area contributed by atoms with E-state index in [0.717, 1.165) is 7.85 Å². The summed E-state index contributed by atoms with van der Waals surface area (Å²) >= 11 is 0. The fourth-order valence-electron chi connectivity index (χ4n) is 0.657. The molecule has 1 aromatic carbocycles. The molecule has 1 nitrogen and oxygen atoms in total. The summed E-state index contributed by atoms with van der Waals surface area (Å²) in [6.45, 7) is 0. The van der Waals surface area contributed by atoms with Crippen LogP contribution in [0.3, 0.4) is 0 Å². The minimum atomic E-state index is -1.64. The molecule has 0 N–H and O–H groups in total. The van der Waals surface area contributed by atoms with E-state index in [1.807, 2.05) is 26.0 Å². The van der Waals surface area contributed by atoms with Gasteiger partial charge in [0.15, 0.2) is 17.5 Å². The Balaban J connectivity index is 0.000000423. The SMILES string of the molecule is Bc1c(F)cc(F)c(F)c1F.CN(C)C. The van der Waals surface area contributed by atoms with Crippen LogP contribution in [0, 0.1) is 23.3 Å². The molecule has 0 bridgehead atoms. The van der Waals surface area contributed by atoms with Crippen molar-refractivity contribution in [3.05, 3.63) is 29.3 Å². The van der Waals surface area contributed by atoms with Gasteiger partial charge in [0.25, 0.3) is 0 Å². The van der Waals surface area contributed by atoms with Gasteiger partial charge in [0, 0.05) is 6.07 Å². The second-order valence-corrected chi connectivity index (χ2v) is 3.43. The zero-order valence-electron chi connectivity index (χ0n) is 9.04. The topological polar surface area (TPSA) is 3.24 Å². The van der Waals surface area contributed by atoms with Crippen molar-refractivity contribution >= 4 is 13.3 Å². The number of hydrogen-bond donors (Lipinski definition) is 0. The monoisotopic (exact) mass is 221 g/mol. The van der Waals surface area contributed by atoms with E-state index in [2.05, 4.69) is 0 Å². The van der Waals surface area contributed by atoms with E-state index in [9.17, 15) is 17.6 Å². The Hall–Kier alpha value is -1.04. The summed E-state index contributed by atoms with van der Waals surface area (Å²) in [6.07, 6.45) is 0. The Morgan fingerprint density at radius 2 is 1.33 bits per heavy atom. The predicted octanol–water partition coefficient (Wildman–Crippen LogP) is 0.679. The van der Waals surface area contributed by atoms with Gasteiger partial charge in [0.1, 0.15) is 13.7 Å². The van der Waals surface area contributed by atoms with Crippen molar-refractivity contribution in [3.8, 4) is 0 Å². The van der Waals surface area contributed by atoms with E-state index in [0.29, 0.717) is 6.07 Å².